The molecule has 9 heteroatoms. The lowest BCUT2D eigenvalue weighted by Gasteiger charge is -2.35. The van der Waals surface area contributed by atoms with E-state index in [1.165, 1.54) is 23.1 Å². The van der Waals surface area contributed by atoms with Gasteiger partial charge in [-0.25, -0.2) is 9.69 Å². The molecule has 0 radical (unpaired) electrons. The van der Waals surface area contributed by atoms with Gasteiger partial charge in [-0.05, 0) is 54.3 Å². The first-order chi connectivity index (χ1) is 17.9. The fourth-order valence-corrected chi connectivity index (χ4v) is 4.59. The zero-order valence-electron chi connectivity index (χ0n) is 22.6. The molecular formula is C29H36N2O6Si. The highest BCUT2D eigenvalue weighted by atomic mass is 28.4. The van der Waals surface area contributed by atoms with Crippen molar-refractivity contribution >= 4 is 26.0 Å². The summed E-state index contributed by atoms with van der Waals surface area (Å²) >= 11 is 0. The Hall–Kier alpha value is -3.72. The molecule has 1 saturated heterocycles. The summed E-state index contributed by atoms with van der Waals surface area (Å²) in [5.74, 6) is -0.618. The zero-order chi connectivity index (χ0) is 27.9. The molecule has 2 aromatic carbocycles. The van der Waals surface area contributed by atoms with E-state index in [4.69, 9.17) is 9.16 Å². The van der Waals surface area contributed by atoms with E-state index in [0.29, 0.717) is 12.8 Å². The van der Waals surface area contributed by atoms with Crippen LogP contribution in [0.2, 0.25) is 18.1 Å². The minimum Gasteiger partial charge on any atom is -0.549 e. The summed E-state index contributed by atoms with van der Waals surface area (Å²) in [6, 6.07) is 15.6. The van der Waals surface area contributed by atoms with Gasteiger partial charge in [0.1, 0.15) is 6.61 Å². The van der Waals surface area contributed by atoms with Crippen LogP contribution in [0, 0.1) is 10.1 Å². The molecule has 0 aromatic heterocycles. The highest BCUT2D eigenvalue weighted by Crippen LogP contribution is 2.37. The Morgan fingerprint density at radius 3 is 2.45 bits per heavy atom. The summed E-state index contributed by atoms with van der Waals surface area (Å²) in [6.07, 6.45) is 7.06. The number of benzene rings is 2. The Morgan fingerprint density at radius 1 is 1.18 bits per heavy atom. The molecule has 8 nitrogen and oxygen atoms in total. The molecule has 2 atom stereocenters. The number of allylic oxidation sites excluding steroid dienone is 2. The van der Waals surface area contributed by atoms with Crippen molar-refractivity contribution in [1.29, 1.82) is 0 Å². The normalized spacial score (nSPS) is 17.1. The van der Waals surface area contributed by atoms with Gasteiger partial charge in [-0.1, -0.05) is 69.3 Å². The monoisotopic (exact) mass is 536 g/mol. The van der Waals surface area contributed by atoms with E-state index in [1.807, 2.05) is 36.4 Å². The van der Waals surface area contributed by atoms with Crippen molar-refractivity contribution < 1.29 is 23.7 Å². The van der Waals surface area contributed by atoms with Crippen molar-refractivity contribution in [2.24, 2.45) is 0 Å². The molecule has 2 amide bonds. The molecule has 202 valence electrons. The number of carbonyl (C=O) groups excluding carboxylic acids is 2. The molecule has 0 N–H and O–H groups in total. The number of amides is 2. The predicted octanol–water partition coefficient (Wildman–Crippen LogP) is 6.75. The Kier molecular flexibility index (Phi) is 9.27. The number of ether oxygens (including phenoxy) is 1. The number of non-ortho nitro benzene ring substituents is 1. The Bertz CT molecular complexity index is 1190. The smallest absolute Gasteiger partial charge is 0.417 e. The van der Waals surface area contributed by atoms with Crippen molar-refractivity contribution in [2.75, 3.05) is 6.61 Å². The molecule has 1 aliphatic heterocycles. The second kappa shape index (κ2) is 12.2. The van der Waals surface area contributed by atoms with Crippen LogP contribution in [0.1, 0.15) is 44.2 Å². The van der Waals surface area contributed by atoms with E-state index in [9.17, 15) is 19.7 Å². The number of hydrogen-bond acceptors (Lipinski definition) is 6. The number of cyclic esters (lactones) is 1. The largest absolute Gasteiger partial charge is 0.549 e. The zero-order valence-corrected chi connectivity index (χ0v) is 23.6. The van der Waals surface area contributed by atoms with Gasteiger partial charge in [-0.3, -0.25) is 14.9 Å². The molecule has 38 heavy (non-hydrogen) atoms. The van der Waals surface area contributed by atoms with Gasteiger partial charge >= 0.3 is 6.09 Å². The third-order valence-electron chi connectivity index (χ3n) is 7.17. The molecular weight excluding hydrogens is 500 g/mol. The lowest BCUT2D eigenvalue weighted by atomic mass is 9.95. The van der Waals surface area contributed by atoms with Crippen molar-refractivity contribution in [1.82, 2.24) is 4.90 Å². The number of nitrogens with zero attached hydrogens (tertiary/aromatic N) is 2. The van der Waals surface area contributed by atoms with Gasteiger partial charge in [0, 0.05) is 18.1 Å². The molecule has 0 unspecified atom stereocenters. The maximum absolute atomic E-state index is 13.0. The second-order valence-corrected chi connectivity index (χ2v) is 15.7. The first kappa shape index (κ1) is 28.8. The standard InChI is InChI=1S/C29H36N2O6Si/c1-29(2,3)38(4,5)37-19-18-23(24-14-16-25(17-15-24)31(34)35)12-9-13-27(32)30-26(21-36-28(30)33)20-22-10-7-6-8-11-22/h6-11,13-19,23,26H,12,20-21H2,1-5H3/b13-9-,19-18+/t23-,26+/m1/s1. The van der Waals surface area contributed by atoms with Crippen LogP contribution in [0.5, 0.6) is 0 Å². The minimum absolute atomic E-state index is 0.0109. The van der Waals surface area contributed by atoms with Crippen LogP contribution in [0.15, 0.2) is 79.1 Å². The Morgan fingerprint density at radius 2 is 1.84 bits per heavy atom. The van der Waals surface area contributed by atoms with E-state index in [2.05, 4.69) is 33.9 Å². The number of imide groups is 1. The fourth-order valence-electron chi connectivity index (χ4n) is 3.81. The minimum atomic E-state index is -2.02. The van der Waals surface area contributed by atoms with Crippen LogP contribution < -0.4 is 0 Å². The Balaban J connectivity index is 1.74. The lowest BCUT2D eigenvalue weighted by Crippen LogP contribution is -2.39. The number of hydrogen-bond donors (Lipinski definition) is 0. The topological polar surface area (TPSA) is 99.0 Å². The van der Waals surface area contributed by atoms with Gasteiger partial charge in [-0.2, -0.15) is 0 Å². The number of rotatable bonds is 10. The van der Waals surface area contributed by atoms with Gasteiger partial charge in [0.05, 0.1) is 17.2 Å². The number of nitro groups is 1. The van der Waals surface area contributed by atoms with Crippen LogP contribution in [-0.2, 0) is 20.4 Å². The van der Waals surface area contributed by atoms with Gasteiger partial charge in [0.25, 0.3) is 11.6 Å². The summed E-state index contributed by atoms with van der Waals surface area (Å²) in [4.78, 5) is 37.1. The summed E-state index contributed by atoms with van der Waals surface area (Å²) in [5, 5.41) is 11.1. The molecule has 1 heterocycles. The third-order valence-corrected chi connectivity index (χ3v) is 11.5. The highest BCUT2D eigenvalue weighted by Gasteiger charge is 2.38. The van der Waals surface area contributed by atoms with Crippen LogP contribution in [0.3, 0.4) is 0 Å². The van der Waals surface area contributed by atoms with Crippen LogP contribution in [-0.4, -0.2) is 42.8 Å². The van der Waals surface area contributed by atoms with E-state index in [-0.39, 0.29) is 29.3 Å². The molecule has 0 spiro atoms. The van der Waals surface area contributed by atoms with Crippen LogP contribution in [0.4, 0.5) is 10.5 Å². The second-order valence-electron chi connectivity index (χ2n) is 10.9. The van der Waals surface area contributed by atoms with Gasteiger partial charge in [0.2, 0.25) is 8.32 Å². The van der Waals surface area contributed by atoms with Gasteiger partial charge in [-0.15, -0.1) is 0 Å². The van der Waals surface area contributed by atoms with Crippen LogP contribution in [0.25, 0.3) is 0 Å². The third kappa shape index (κ3) is 7.41. The molecule has 0 saturated carbocycles. The van der Waals surface area contributed by atoms with Gasteiger partial charge < -0.3 is 9.16 Å². The van der Waals surface area contributed by atoms with E-state index >= 15 is 0 Å². The van der Waals surface area contributed by atoms with Crippen molar-refractivity contribution in [2.45, 2.75) is 63.7 Å². The van der Waals surface area contributed by atoms with Crippen LogP contribution >= 0.6 is 0 Å². The highest BCUT2D eigenvalue weighted by molar-refractivity contribution is 6.74. The average Bonchev–Trinajstić information content (AvgIpc) is 3.22. The quantitative estimate of drug-likeness (QED) is 0.109. The number of nitro benzene ring substituents is 1. The number of carbonyl (C=O) groups is 2. The molecule has 0 aliphatic carbocycles. The Labute approximate surface area is 225 Å². The fraction of sp³-hybridized carbons (Fsp3) is 0.379. The summed E-state index contributed by atoms with van der Waals surface area (Å²) in [6.45, 7) is 10.9. The lowest BCUT2D eigenvalue weighted by molar-refractivity contribution is -0.384. The SMILES string of the molecule is CC(C)(C)[Si](C)(C)O/C=C/[C@@H](C/C=C\C(=O)N1C(=O)OC[C@@H]1Cc1ccccc1)c1ccc([N+](=O)[O-])cc1. The van der Waals surface area contributed by atoms with Crippen molar-refractivity contribution in [3.8, 4) is 0 Å². The maximum Gasteiger partial charge on any atom is 0.417 e. The summed E-state index contributed by atoms with van der Waals surface area (Å²) < 4.78 is 11.4. The molecule has 1 aliphatic rings. The van der Waals surface area contributed by atoms with E-state index in [1.54, 1.807) is 24.5 Å². The molecule has 1 fully saturated rings. The van der Waals surface area contributed by atoms with E-state index in [0.717, 1.165) is 11.1 Å². The molecule has 2 aromatic rings. The summed E-state index contributed by atoms with van der Waals surface area (Å²) in [5.41, 5.74) is 1.88. The van der Waals surface area contributed by atoms with Crippen molar-refractivity contribution in [3.05, 3.63) is 100 Å². The van der Waals surface area contributed by atoms with E-state index < -0.39 is 25.2 Å². The van der Waals surface area contributed by atoms with Gasteiger partial charge in [0.15, 0.2) is 0 Å². The first-order valence-electron chi connectivity index (χ1n) is 12.7. The molecule has 3 rings (SSSR count). The summed E-state index contributed by atoms with van der Waals surface area (Å²) in [7, 11) is -2.02. The maximum atomic E-state index is 13.0. The average molecular weight is 537 g/mol. The molecule has 0 bridgehead atoms. The first-order valence-corrected chi connectivity index (χ1v) is 15.6. The predicted molar refractivity (Wildman–Crippen MR) is 149 cm³/mol. The van der Waals surface area contributed by atoms with Crippen molar-refractivity contribution in [3.63, 3.8) is 0 Å².